The maximum absolute atomic E-state index is 10.9. The fourth-order valence-electron chi connectivity index (χ4n) is 19.8. The molecular weight excluding hydrogens is 1810 g/mol. The summed E-state index contributed by atoms with van der Waals surface area (Å²) in [6.45, 7) is 42.2. The molecule has 0 aliphatic heterocycles. The van der Waals surface area contributed by atoms with Crippen LogP contribution in [0.4, 0.5) is 0 Å². The Bertz CT molecular complexity index is 2320. The Morgan fingerprint density at radius 2 is 0.356 bits per heavy atom. The number of hydrogen-bond donors (Lipinski definition) is 14. The number of likely N-dealkylation sites (N-methyl/N-ethyl adjacent to an activating group) is 3. The van der Waals surface area contributed by atoms with Crippen LogP contribution < -0.4 is 26.6 Å². The molecule has 0 aromatic rings. The van der Waals surface area contributed by atoms with Crippen molar-refractivity contribution < 1.29 is 46.0 Å². The first-order valence-electron chi connectivity index (χ1n) is 64.9. The predicted octanol–water partition coefficient (Wildman–Crippen LogP) is 28.9. The van der Waals surface area contributed by atoms with Gasteiger partial charge in [-0.2, -0.15) is 0 Å². The number of unbranched alkanes of at least 4 members (excludes halogenated alkanes) is 59. The Morgan fingerprint density at radius 3 is 0.582 bits per heavy atom. The lowest BCUT2D eigenvalue weighted by atomic mass is 9.96. The van der Waals surface area contributed by atoms with Gasteiger partial charge in [0.25, 0.3) is 0 Å². The minimum Gasteiger partial charge on any atom is -0.392 e. The van der Waals surface area contributed by atoms with Crippen molar-refractivity contribution in [3.05, 3.63) is 0 Å². The van der Waals surface area contributed by atoms with E-state index in [0.29, 0.717) is 50.5 Å². The standard InChI is InChI=1S/C44H92N2O3.2C26H56N2O2.C23H50N2O.C8H20N2O/c1-6-9-11-13-15-17-19-21-22-24-26-28-30-32-35-43(48)39-46(38-42(47)8-3)37-33-36-45(5)40-44(49)41(4)34-31-29-27-25-23-20-18-16-14-12-10-7-2;1-5-7-8-9-10-11-12-13-14-15-16-17-19-24(3)26(30)23-28(4)21-18-20-27-22-25(29)6-2;1-4-6-7-8-9-10-11-12-13-14-15-16-17-18-20-26(30)24-28(22-19-21-27-3)23-25(29)5-2;1-5-6-7-8-9-10-11-12-13-14-15-16-18-22(2)23(26)21-25(4)20-17-19-24-3;1-3-8(11)7-10-6-4-5-9-2/h41-44,47-49H,6-40H2,1-5H3;24-27,29-30H,5-23H2,1-4H3;25-27,29-30H,4-24H2,1-3H3;22-24,26H,5-21H2,1-4H3;8-11H,3-7H2,1-2H3. The molecule has 0 fully saturated rings. The molecule has 146 heavy (non-hydrogen) atoms. The molecule has 0 bridgehead atoms. The maximum Gasteiger partial charge on any atom is 0.0692 e. The number of rotatable bonds is 114. The van der Waals surface area contributed by atoms with Crippen LogP contribution in [0.3, 0.4) is 0 Å². The number of aliphatic hydroxyl groups excluding tert-OH is 9. The summed E-state index contributed by atoms with van der Waals surface area (Å²) in [7, 11) is 12.2. The highest BCUT2D eigenvalue weighted by Gasteiger charge is 2.22. The molecule has 12 unspecified atom stereocenters. The van der Waals surface area contributed by atoms with E-state index in [1.807, 2.05) is 48.8 Å². The van der Waals surface area contributed by atoms with Gasteiger partial charge >= 0.3 is 0 Å². The molecule has 0 heterocycles. The molecule has 12 atom stereocenters. The van der Waals surface area contributed by atoms with Gasteiger partial charge in [-0.3, -0.25) is 9.80 Å². The van der Waals surface area contributed by atoms with Gasteiger partial charge in [-0.1, -0.05) is 494 Å². The highest BCUT2D eigenvalue weighted by atomic mass is 16.3. The third kappa shape index (κ3) is 125. The van der Waals surface area contributed by atoms with Gasteiger partial charge < -0.3 is 87.2 Å². The molecule has 0 rings (SSSR count). The van der Waals surface area contributed by atoms with E-state index in [-0.39, 0.29) is 54.9 Å². The molecule has 0 spiro atoms. The van der Waals surface area contributed by atoms with Crippen LogP contribution in [0.5, 0.6) is 0 Å². The monoisotopic (exact) mass is 2080 g/mol. The Hall–Kier alpha value is -0.760. The zero-order valence-electron chi connectivity index (χ0n) is 102. The zero-order valence-corrected chi connectivity index (χ0v) is 102. The lowest BCUT2D eigenvalue weighted by Gasteiger charge is -2.29. The van der Waals surface area contributed by atoms with Gasteiger partial charge in [0.2, 0.25) is 0 Å². The summed E-state index contributed by atoms with van der Waals surface area (Å²) in [4.78, 5) is 11.3. The molecule has 0 aromatic heterocycles. The highest BCUT2D eigenvalue weighted by molar-refractivity contribution is 4.77. The minimum atomic E-state index is -0.339. The summed E-state index contributed by atoms with van der Waals surface area (Å²) in [5.74, 6) is 1.14. The topological polar surface area (TPSA) is 258 Å². The fourth-order valence-corrected chi connectivity index (χ4v) is 19.8. The van der Waals surface area contributed by atoms with Crippen LogP contribution in [-0.4, -0.2) is 292 Å². The van der Waals surface area contributed by atoms with E-state index in [2.05, 4.69) is 128 Å². The van der Waals surface area contributed by atoms with Crippen molar-refractivity contribution in [1.29, 1.82) is 0 Å². The SMILES string of the molecule is CCC(O)CNCCCNC.CCCCCCCCCCCCCCC(C)C(O)CN(C)CCCNC.CCCCCCCCCCCCCCC(C)C(O)CN(C)CCCNCC(O)CC.CCCCCCCCCCCCCCCCC(O)CN(CCCN(C)CC(O)C(C)CCCCCCCCCCCCCC)CC(O)CC.CCCCCCCCCCCCCCCCC(O)CN(CCCNC)CC(O)CC. The van der Waals surface area contributed by atoms with E-state index in [1.54, 1.807) is 0 Å². The van der Waals surface area contributed by atoms with Crippen molar-refractivity contribution in [3.8, 4) is 0 Å². The Balaban J connectivity index is -0.000000600. The second-order valence-corrected chi connectivity index (χ2v) is 46.3. The normalized spacial score (nSPS) is 14.3. The van der Waals surface area contributed by atoms with Crippen LogP contribution in [0.15, 0.2) is 0 Å². The van der Waals surface area contributed by atoms with Crippen molar-refractivity contribution in [2.45, 2.75) is 639 Å². The van der Waals surface area contributed by atoms with Crippen LogP contribution in [0.1, 0.15) is 584 Å². The largest absolute Gasteiger partial charge is 0.392 e. The number of nitrogens with zero attached hydrogens (tertiary/aromatic N) is 5. The third-order valence-electron chi connectivity index (χ3n) is 30.9. The molecule has 0 saturated heterocycles. The highest BCUT2D eigenvalue weighted by Crippen LogP contribution is 2.24. The summed E-state index contributed by atoms with van der Waals surface area (Å²) in [5.41, 5.74) is 0. The summed E-state index contributed by atoms with van der Waals surface area (Å²) in [6, 6.07) is 0. The molecule has 14 N–H and O–H groups in total. The van der Waals surface area contributed by atoms with Gasteiger partial charge in [0, 0.05) is 58.9 Å². The Kier molecular flexibility index (Phi) is 134. The lowest BCUT2D eigenvalue weighted by Crippen LogP contribution is -2.40. The molecule has 0 aromatic carbocycles. The van der Waals surface area contributed by atoms with Gasteiger partial charge in [-0.25, -0.2) is 0 Å². The predicted molar refractivity (Wildman–Crippen MR) is 646 cm³/mol. The van der Waals surface area contributed by atoms with Crippen molar-refractivity contribution >= 4 is 0 Å². The van der Waals surface area contributed by atoms with Crippen molar-refractivity contribution in [2.24, 2.45) is 17.8 Å². The number of nitrogens with one attached hydrogen (secondary N) is 5. The molecule has 886 valence electrons. The average molecular weight is 2090 g/mol. The first-order valence-corrected chi connectivity index (χ1v) is 64.9. The summed E-state index contributed by atoms with van der Waals surface area (Å²) < 4.78 is 0. The van der Waals surface area contributed by atoms with Crippen LogP contribution >= 0.6 is 0 Å². The van der Waals surface area contributed by atoms with Gasteiger partial charge in [0.05, 0.1) is 54.9 Å². The molecule has 0 saturated carbocycles. The van der Waals surface area contributed by atoms with Crippen molar-refractivity contribution in [3.63, 3.8) is 0 Å². The number of aliphatic hydroxyl groups is 9. The van der Waals surface area contributed by atoms with Crippen LogP contribution in [0, 0.1) is 17.8 Å². The molecule has 0 radical (unpaired) electrons. The fraction of sp³-hybridized carbons (Fsp3) is 1.00. The third-order valence-corrected chi connectivity index (χ3v) is 30.9. The van der Waals surface area contributed by atoms with Gasteiger partial charge in [0.1, 0.15) is 0 Å². The smallest absolute Gasteiger partial charge is 0.0692 e. The van der Waals surface area contributed by atoms with Crippen LogP contribution in [-0.2, 0) is 0 Å². The first-order chi connectivity index (χ1) is 70.9. The molecule has 0 aliphatic rings. The van der Waals surface area contributed by atoms with Gasteiger partial charge in [-0.15, -0.1) is 0 Å². The second-order valence-electron chi connectivity index (χ2n) is 46.3. The second kappa shape index (κ2) is 128. The van der Waals surface area contributed by atoms with E-state index in [9.17, 15) is 40.9 Å². The van der Waals surface area contributed by atoms with Crippen molar-refractivity contribution in [1.82, 2.24) is 51.1 Å². The van der Waals surface area contributed by atoms with E-state index in [1.165, 1.54) is 405 Å². The van der Waals surface area contributed by atoms with Crippen LogP contribution in [0.2, 0.25) is 0 Å². The Morgan fingerprint density at radius 1 is 0.178 bits per heavy atom. The quantitative estimate of drug-likeness (QED) is 0.0253. The summed E-state index contributed by atoms with van der Waals surface area (Å²) in [5, 5.41) is 108. The molecule has 0 aliphatic carbocycles. The molecule has 19 heteroatoms. The minimum absolute atomic E-state index is 0.176. The Labute approximate surface area is 914 Å². The molecule has 0 amide bonds. The maximum atomic E-state index is 10.9. The zero-order chi connectivity index (χ0) is 109. The molecule has 19 nitrogen and oxygen atoms in total. The van der Waals surface area contributed by atoms with E-state index >= 15 is 0 Å². The summed E-state index contributed by atoms with van der Waals surface area (Å²) in [6.07, 6.45) is 99.4. The van der Waals surface area contributed by atoms with E-state index in [0.717, 1.165) is 188 Å². The number of hydrogen-bond acceptors (Lipinski definition) is 19. The summed E-state index contributed by atoms with van der Waals surface area (Å²) >= 11 is 0. The van der Waals surface area contributed by atoms with E-state index in [4.69, 9.17) is 5.11 Å². The average Bonchev–Trinajstić information content (AvgIpc) is 0.995. The first kappa shape index (κ1) is 154. The van der Waals surface area contributed by atoms with Crippen LogP contribution in [0.25, 0.3) is 0 Å². The molecular formula is C127H274N10O9. The van der Waals surface area contributed by atoms with E-state index < -0.39 is 0 Å². The van der Waals surface area contributed by atoms with Gasteiger partial charge in [-0.05, 0) is 215 Å². The van der Waals surface area contributed by atoms with Gasteiger partial charge in [0.15, 0.2) is 0 Å². The lowest BCUT2D eigenvalue weighted by molar-refractivity contribution is 0.0564. The van der Waals surface area contributed by atoms with Crippen molar-refractivity contribution in [2.75, 3.05) is 167 Å².